The van der Waals surface area contributed by atoms with Crippen LogP contribution in [-0.4, -0.2) is 37.9 Å². The van der Waals surface area contributed by atoms with Crippen molar-refractivity contribution in [3.8, 4) is 6.07 Å². The van der Waals surface area contributed by atoms with Gasteiger partial charge in [0.25, 0.3) is 10.1 Å². The smallest absolute Gasteiger partial charge is 0.265 e. The zero-order chi connectivity index (χ0) is 15.2. The quantitative estimate of drug-likeness (QED) is 0.794. The molecular formula is C12H17F2NO4S. The number of fused-ring (bicyclic) bond motifs is 1. The van der Waals surface area contributed by atoms with Gasteiger partial charge in [-0.05, 0) is 24.7 Å². The summed E-state index contributed by atoms with van der Waals surface area (Å²) in [5, 5.41) is 18.8. The summed E-state index contributed by atoms with van der Waals surface area (Å²) in [5.74, 6) is -4.35. The Labute approximate surface area is 116 Å². The molecule has 2 rings (SSSR count). The number of halogens is 2. The van der Waals surface area contributed by atoms with Crippen LogP contribution in [0.2, 0.25) is 0 Å². The molecule has 0 spiro atoms. The molecule has 2 fully saturated rings. The second kappa shape index (κ2) is 4.90. The van der Waals surface area contributed by atoms with Gasteiger partial charge in [-0.15, -0.1) is 0 Å². The average Bonchev–Trinajstić information content (AvgIpc) is 2.57. The summed E-state index contributed by atoms with van der Waals surface area (Å²) >= 11 is 0. The number of hydrogen-bond acceptors (Lipinski definition) is 5. The fraction of sp³-hybridized carbons (Fsp3) is 0.917. The van der Waals surface area contributed by atoms with Gasteiger partial charge in [-0.2, -0.15) is 13.7 Å². The van der Waals surface area contributed by atoms with E-state index in [1.807, 2.05) is 6.07 Å². The van der Waals surface area contributed by atoms with E-state index < -0.39 is 40.1 Å². The molecule has 0 saturated heterocycles. The molecule has 2 unspecified atom stereocenters. The van der Waals surface area contributed by atoms with Gasteiger partial charge in [-0.25, -0.2) is 13.0 Å². The Morgan fingerprint density at radius 1 is 1.45 bits per heavy atom. The first-order chi connectivity index (χ1) is 9.12. The predicted molar refractivity (Wildman–Crippen MR) is 65.2 cm³/mol. The lowest BCUT2D eigenvalue weighted by atomic mass is 9.76. The highest BCUT2D eigenvalue weighted by Gasteiger charge is 2.60. The Bertz CT molecular complexity index is 530. The molecule has 0 aliphatic heterocycles. The number of nitrogens with zero attached hydrogens (tertiary/aromatic N) is 1. The molecule has 2 aliphatic carbocycles. The van der Waals surface area contributed by atoms with Gasteiger partial charge in [0, 0.05) is 18.8 Å². The maximum Gasteiger partial charge on any atom is 0.265 e. The molecule has 0 amide bonds. The molecule has 0 heterocycles. The highest BCUT2D eigenvalue weighted by molar-refractivity contribution is 7.86. The molecule has 114 valence electrons. The molecule has 2 saturated carbocycles. The van der Waals surface area contributed by atoms with Crippen molar-refractivity contribution in [1.82, 2.24) is 0 Å². The van der Waals surface area contributed by atoms with Gasteiger partial charge in [0.15, 0.2) is 5.60 Å². The van der Waals surface area contributed by atoms with Crippen LogP contribution in [0.25, 0.3) is 0 Å². The molecule has 8 heteroatoms. The van der Waals surface area contributed by atoms with Crippen molar-refractivity contribution >= 4 is 10.1 Å². The van der Waals surface area contributed by atoms with E-state index in [4.69, 9.17) is 4.18 Å². The maximum absolute atomic E-state index is 13.5. The van der Waals surface area contributed by atoms with Gasteiger partial charge in [-0.3, -0.25) is 0 Å². The van der Waals surface area contributed by atoms with E-state index in [-0.39, 0.29) is 31.6 Å². The monoisotopic (exact) mass is 309 g/mol. The summed E-state index contributed by atoms with van der Waals surface area (Å²) in [7, 11) is -3.91. The van der Waals surface area contributed by atoms with Crippen LogP contribution < -0.4 is 0 Å². The van der Waals surface area contributed by atoms with Crippen molar-refractivity contribution in [2.45, 2.75) is 37.2 Å². The van der Waals surface area contributed by atoms with E-state index >= 15 is 0 Å². The predicted octanol–water partition coefficient (Wildman–Crippen LogP) is 1.29. The second-order valence-corrected chi connectivity index (χ2v) is 7.38. The highest BCUT2D eigenvalue weighted by atomic mass is 32.2. The van der Waals surface area contributed by atoms with Crippen LogP contribution in [0.3, 0.4) is 0 Å². The van der Waals surface area contributed by atoms with Gasteiger partial charge in [0.2, 0.25) is 5.92 Å². The van der Waals surface area contributed by atoms with Crippen molar-refractivity contribution in [1.29, 1.82) is 5.26 Å². The Morgan fingerprint density at radius 3 is 2.60 bits per heavy atom. The minimum Gasteiger partial charge on any atom is -0.396 e. The molecule has 0 aromatic heterocycles. The summed E-state index contributed by atoms with van der Waals surface area (Å²) in [6.45, 7) is -0.449. The fourth-order valence-corrected chi connectivity index (χ4v) is 4.46. The van der Waals surface area contributed by atoms with Gasteiger partial charge < -0.3 is 5.11 Å². The van der Waals surface area contributed by atoms with Gasteiger partial charge in [-0.1, -0.05) is 0 Å². The molecule has 0 bridgehead atoms. The first-order valence-corrected chi connectivity index (χ1v) is 8.25. The molecule has 5 nitrogen and oxygen atoms in total. The van der Waals surface area contributed by atoms with Crippen LogP contribution in [0.15, 0.2) is 0 Å². The SMILES string of the molecule is CS(=O)(=O)OC1(C#N)C[C@@H]2CC(F)(F)CC[C@H]2C1CO. The van der Waals surface area contributed by atoms with Crippen molar-refractivity contribution in [2.75, 3.05) is 12.9 Å². The Kier molecular flexibility index (Phi) is 3.82. The van der Waals surface area contributed by atoms with Crippen LogP contribution in [0.5, 0.6) is 0 Å². The number of aliphatic hydroxyl groups excluding tert-OH is 1. The summed E-state index contributed by atoms with van der Waals surface area (Å²) in [4.78, 5) is 0. The molecule has 2 aliphatic rings. The van der Waals surface area contributed by atoms with Gasteiger partial charge >= 0.3 is 0 Å². The van der Waals surface area contributed by atoms with Crippen LogP contribution >= 0.6 is 0 Å². The maximum atomic E-state index is 13.5. The van der Waals surface area contributed by atoms with E-state index in [2.05, 4.69) is 0 Å². The number of aliphatic hydroxyl groups is 1. The van der Waals surface area contributed by atoms with Crippen LogP contribution in [-0.2, 0) is 14.3 Å². The van der Waals surface area contributed by atoms with E-state index in [9.17, 15) is 27.6 Å². The average molecular weight is 309 g/mol. The topological polar surface area (TPSA) is 87.4 Å². The van der Waals surface area contributed by atoms with Crippen molar-refractivity contribution in [3.63, 3.8) is 0 Å². The lowest BCUT2D eigenvalue weighted by Gasteiger charge is -2.34. The highest BCUT2D eigenvalue weighted by Crippen LogP contribution is 2.55. The van der Waals surface area contributed by atoms with Crippen LogP contribution in [0, 0.1) is 29.1 Å². The second-order valence-electron chi connectivity index (χ2n) is 5.80. The standard InChI is InChI=1S/C12H17F2NO4S/c1-20(17,18)19-11(7-15)4-8-5-12(13,14)3-2-9(8)10(11)6-16/h8-10,16H,2-6H2,1H3/t8-,9-,10?,11?/m1/s1. The Balaban J connectivity index is 2.33. The lowest BCUT2D eigenvalue weighted by molar-refractivity contribution is -0.0702. The van der Waals surface area contributed by atoms with E-state index in [1.54, 1.807) is 0 Å². The normalized spacial score (nSPS) is 40.0. The third kappa shape index (κ3) is 2.80. The molecular weight excluding hydrogens is 292 g/mol. The third-order valence-electron chi connectivity index (χ3n) is 4.38. The molecule has 20 heavy (non-hydrogen) atoms. The van der Waals surface area contributed by atoms with Crippen LogP contribution in [0.4, 0.5) is 8.78 Å². The summed E-state index contributed by atoms with van der Waals surface area (Å²) in [6, 6.07) is 1.81. The van der Waals surface area contributed by atoms with Gasteiger partial charge in [0.05, 0.1) is 18.9 Å². The fourth-order valence-electron chi connectivity index (χ4n) is 3.69. The Morgan fingerprint density at radius 2 is 2.10 bits per heavy atom. The molecule has 0 aromatic carbocycles. The van der Waals surface area contributed by atoms with Crippen molar-refractivity contribution < 1.29 is 26.5 Å². The summed E-state index contributed by atoms with van der Waals surface area (Å²) in [5.41, 5.74) is -1.72. The number of hydrogen-bond donors (Lipinski definition) is 1. The number of rotatable bonds is 3. The van der Waals surface area contributed by atoms with E-state index in [1.165, 1.54) is 0 Å². The first kappa shape index (κ1) is 15.6. The van der Waals surface area contributed by atoms with Crippen LogP contribution in [0.1, 0.15) is 25.7 Å². The van der Waals surface area contributed by atoms with Gasteiger partial charge in [0.1, 0.15) is 0 Å². The zero-order valence-electron chi connectivity index (χ0n) is 11.1. The minimum atomic E-state index is -3.91. The van der Waals surface area contributed by atoms with Crippen molar-refractivity contribution in [3.05, 3.63) is 0 Å². The lowest BCUT2D eigenvalue weighted by Crippen LogP contribution is -2.41. The minimum absolute atomic E-state index is 0.0813. The Hall–Kier alpha value is -0.780. The molecule has 0 radical (unpaired) electrons. The van der Waals surface area contributed by atoms with E-state index in [0.29, 0.717) is 0 Å². The number of nitriles is 1. The first-order valence-electron chi connectivity index (χ1n) is 6.43. The molecule has 1 N–H and O–H groups in total. The van der Waals surface area contributed by atoms with E-state index in [0.717, 1.165) is 6.26 Å². The zero-order valence-corrected chi connectivity index (χ0v) is 11.9. The third-order valence-corrected chi connectivity index (χ3v) is 4.98. The summed E-state index contributed by atoms with van der Waals surface area (Å²) < 4.78 is 54.5. The van der Waals surface area contributed by atoms with Crippen molar-refractivity contribution in [2.24, 2.45) is 17.8 Å². The largest absolute Gasteiger partial charge is 0.396 e. The molecule has 4 atom stereocenters. The molecule has 0 aromatic rings. The number of alkyl halides is 2. The summed E-state index contributed by atoms with van der Waals surface area (Å²) in [6.07, 6.45) is 0.217.